The van der Waals surface area contributed by atoms with Crippen molar-refractivity contribution in [2.24, 2.45) is 0 Å². The first-order valence-corrected chi connectivity index (χ1v) is 9.98. The number of benzene rings is 2. The third-order valence-corrected chi connectivity index (χ3v) is 5.17. The van der Waals surface area contributed by atoms with Crippen LogP contribution in [0.1, 0.15) is 29.1 Å². The molecule has 0 saturated heterocycles. The molecule has 0 fully saturated rings. The van der Waals surface area contributed by atoms with E-state index < -0.39 is 40.8 Å². The molecule has 1 atom stereocenters. The van der Waals surface area contributed by atoms with E-state index in [2.05, 4.69) is 0 Å². The van der Waals surface area contributed by atoms with E-state index in [9.17, 15) is 23.5 Å². The molecule has 1 amide bonds. The quantitative estimate of drug-likeness (QED) is 0.518. The molecule has 7 nitrogen and oxygen atoms in total. The van der Waals surface area contributed by atoms with Gasteiger partial charge in [-0.2, -0.15) is 0 Å². The van der Waals surface area contributed by atoms with Crippen LogP contribution >= 0.6 is 0 Å². The highest BCUT2D eigenvalue weighted by Gasteiger charge is 2.46. The van der Waals surface area contributed by atoms with Crippen LogP contribution in [0, 0.1) is 11.6 Å². The minimum Gasteiger partial charge on any atom is -0.503 e. The van der Waals surface area contributed by atoms with Crippen molar-refractivity contribution in [2.45, 2.75) is 13.0 Å². The Hall–Kier alpha value is -4.14. The summed E-state index contributed by atoms with van der Waals surface area (Å²) in [5.41, 5.74) is -0.478. The molecule has 1 aliphatic heterocycles. The van der Waals surface area contributed by atoms with Crippen LogP contribution in [0.5, 0.6) is 11.5 Å². The zero-order chi connectivity index (χ0) is 23.7. The van der Waals surface area contributed by atoms with Gasteiger partial charge < -0.3 is 19.0 Å². The lowest BCUT2D eigenvalue weighted by molar-refractivity contribution is -0.117. The van der Waals surface area contributed by atoms with Crippen molar-refractivity contribution in [3.05, 3.63) is 89.1 Å². The number of aliphatic hydroxyl groups excluding tert-OH is 1. The van der Waals surface area contributed by atoms with Gasteiger partial charge in [-0.25, -0.2) is 8.78 Å². The molecule has 0 saturated carbocycles. The Morgan fingerprint density at radius 2 is 1.94 bits per heavy atom. The van der Waals surface area contributed by atoms with Gasteiger partial charge in [0, 0.05) is 6.07 Å². The fraction of sp³-hybridized carbons (Fsp3) is 0.167. The Kier molecular flexibility index (Phi) is 5.87. The van der Waals surface area contributed by atoms with E-state index in [1.54, 1.807) is 13.0 Å². The number of aliphatic hydroxyl groups is 1. The van der Waals surface area contributed by atoms with Crippen LogP contribution < -0.4 is 14.4 Å². The number of amides is 1. The monoisotopic (exact) mass is 455 g/mol. The summed E-state index contributed by atoms with van der Waals surface area (Å²) in [4.78, 5) is 27.1. The molecule has 2 heterocycles. The zero-order valence-corrected chi connectivity index (χ0v) is 17.7. The lowest BCUT2D eigenvalue weighted by Crippen LogP contribution is -2.32. The number of nitrogens with zero attached hydrogens (tertiary/aromatic N) is 1. The number of carbonyl (C=O) groups is 2. The van der Waals surface area contributed by atoms with Gasteiger partial charge in [-0.3, -0.25) is 14.5 Å². The second-order valence-corrected chi connectivity index (χ2v) is 7.09. The lowest BCUT2D eigenvalue weighted by atomic mass is 9.94. The van der Waals surface area contributed by atoms with Crippen molar-refractivity contribution < 1.29 is 37.4 Å². The summed E-state index contributed by atoms with van der Waals surface area (Å²) < 4.78 is 44.7. The normalized spacial score (nSPS) is 15.8. The fourth-order valence-corrected chi connectivity index (χ4v) is 3.74. The van der Waals surface area contributed by atoms with E-state index in [0.717, 1.165) is 23.1 Å². The molecule has 170 valence electrons. The van der Waals surface area contributed by atoms with Gasteiger partial charge in [0.2, 0.25) is 5.78 Å². The number of Topliss-reactive ketones (excluding diaryl/α,β-unsaturated/α-hetero) is 1. The number of halogens is 2. The topological polar surface area (TPSA) is 89.2 Å². The first-order chi connectivity index (χ1) is 15.9. The molecule has 1 unspecified atom stereocenters. The standard InChI is InChI=1S/C24H19F2NO6/c1-3-32-19-11-13(6-9-17(19)31-2)21-20(22(28)18-5-4-10-33-18)23(29)24(30)27(21)16-12-14(25)7-8-15(16)26/h4-12,21,29H,3H2,1-2H3. The summed E-state index contributed by atoms with van der Waals surface area (Å²) >= 11 is 0. The second kappa shape index (κ2) is 8.78. The molecule has 2 aromatic carbocycles. The SMILES string of the molecule is CCOc1cc(C2C(C(=O)c3ccco3)=C(O)C(=O)N2c2cc(F)ccc2F)ccc1OC. The molecule has 3 aromatic rings. The van der Waals surface area contributed by atoms with Crippen LogP contribution in [0.25, 0.3) is 0 Å². The van der Waals surface area contributed by atoms with Crippen LogP contribution in [0.3, 0.4) is 0 Å². The van der Waals surface area contributed by atoms with Gasteiger partial charge in [-0.1, -0.05) is 6.07 Å². The zero-order valence-electron chi connectivity index (χ0n) is 17.7. The van der Waals surface area contributed by atoms with Crippen molar-refractivity contribution in [3.63, 3.8) is 0 Å². The highest BCUT2D eigenvalue weighted by molar-refractivity contribution is 6.20. The van der Waals surface area contributed by atoms with E-state index in [4.69, 9.17) is 13.9 Å². The number of furan rings is 1. The molecular formula is C24H19F2NO6. The van der Waals surface area contributed by atoms with Crippen LogP contribution in [0.2, 0.25) is 0 Å². The molecule has 0 radical (unpaired) electrons. The molecule has 0 bridgehead atoms. The van der Waals surface area contributed by atoms with Crippen molar-refractivity contribution in [1.29, 1.82) is 0 Å². The predicted molar refractivity (Wildman–Crippen MR) is 113 cm³/mol. The predicted octanol–water partition coefficient (Wildman–Crippen LogP) is 4.75. The molecule has 0 aliphatic carbocycles. The van der Waals surface area contributed by atoms with Crippen LogP contribution in [0.4, 0.5) is 14.5 Å². The number of anilines is 1. The number of ether oxygens (including phenoxy) is 2. The summed E-state index contributed by atoms with van der Waals surface area (Å²) in [5.74, 6) is -3.87. The summed E-state index contributed by atoms with van der Waals surface area (Å²) in [6.45, 7) is 2.06. The number of carbonyl (C=O) groups excluding carboxylic acids is 2. The highest BCUT2D eigenvalue weighted by atomic mass is 19.1. The van der Waals surface area contributed by atoms with Gasteiger partial charge >= 0.3 is 0 Å². The molecule has 9 heteroatoms. The maximum absolute atomic E-state index is 14.7. The Balaban J connectivity index is 1.93. The van der Waals surface area contributed by atoms with E-state index in [0.29, 0.717) is 23.7 Å². The molecule has 1 N–H and O–H groups in total. The van der Waals surface area contributed by atoms with Gasteiger partial charge in [-0.15, -0.1) is 0 Å². The maximum atomic E-state index is 14.7. The van der Waals surface area contributed by atoms with E-state index in [1.807, 2.05) is 0 Å². The van der Waals surface area contributed by atoms with Crippen molar-refractivity contribution in [1.82, 2.24) is 0 Å². The van der Waals surface area contributed by atoms with Crippen LogP contribution in [-0.4, -0.2) is 30.5 Å². The Morgan fingerprint density at radius 3 is 2.61 bits per heavy atom. The first kappa shape index (κ1) is 22.1. The summed E-state index contributed by atoms with van der Waals surface area (Å²) in [7, 11) is 1.45. The second-order valence-electron chi connectivity index (χ2n) is 7.09. The first-order valence-electron chi connectivity index (χ1n) is 9.98. The summed E-state index contributed by atoms with van der Waals surface area (Å²) in [6, 6.07) is 8.73. The van der Waals surface area contributed by atoms with Gasteiger partial charge in [0.15, 0.2) is 23.0 Å². The summed E-state index contributed by atoms with van der Waals surface area (Å²) in [5, 5.41) is 10.7. The van der Waals surface area contributed by atoms with Gasteiger partial charge in [-0.05, 0) is 48.9 Å². The van der Waals surface area contributed by atoms with E-state index in [-0.39, 0.29) is 11.3 Å². The third kappa shape index (κ3) is 3.82. The Bertz CT molecular complexity index is 1250. The minimum absolute atomic E-state index is 0.130. The minimum atomic E-state index is -1.29. The van der Waals surface area contributed by atoms with Gasteiger partial charge in [0.25, 0.3) is 5.91 Å². The number of rotatable bonds is 7. The highest BCUT2D eigenvalue weighted by Crippen LogP contribution is 2.44. The average Bonchev–Trinajstić information content (AvgIpc) is 3.43. The number of hydrogen-bond donors (Lipinski definition) is 1. The van der Waals surface area contributed by atoms with E-state index >= 15 is 0 Å². The fourth-order valence-electron chi connectivity index (χ4n) is 3.74. The third-order valence-electron chi connectivity index (χ3n) is 5.17. The van der Waals surface area contributed by atoms with Gasteiger partial charge in [0.1, 0.15) is 11.6 Å². The molecule has 1 aromatic heterocycles. The van der Waals surface area contributed by atoms with Crippen molar-refractivity contribution in [2.75, 3.05) is 18.6 Å². The molecular weight excluding hydrogens is 436 g/mol. The van der Waals surface area contributed by atoms with Crippen LogP contribution in [0.15, 0.2) is 70.5 Å². The largest absolute Gasteiger partial charge is 0.503 e. The molecule has 4 rings (SSSR count). The molecule has 1 aliphatic rings. The Morgan fingerprint density at radius 1 is 1.15 bits per heavy atom. The lowest BCUT2D eigenvalue weighted by Gasteiger charge is -2.27. The van der Waals surface area contributed by atoms with Crippen molar-refractivity contribution in [3.8, 4) is 11.5 Å². The number of methoxy groups -OCH3 is 1. The van der Waals surface area contributed by atoms with Crippen LogP contribution in [-0.2, 0) is 4.79 Å². The van der Waals surface area contributed by atoms with Crippen molar-refractivity contribution >= 4 is 17.4 Å². The van der Waals surface area contributed by atoms with E-state index in [1.165, 1.54) is 37.6 Å². The average molecular weight is 455 g/mol. The number of hydrogen-bond acceptors (Lipinski definition) is 6. The van der Waals surface area contributed by atoms with Gasteiger partial charge in [0.05, 0.1) is 37.3 Å². The smallest absolute Gasteiger partial charge is 0.294 e. The summed E-state index contributed by atoms with van der Waals surface area (Å²) in [6.07, 6.45) is 1.27. The molecule has 0 spiro atoms. The maximum Gasteiger partial charge on any atom is 0.294 e. The molecule has 33 heavy (non-hydrogen) atoms. The Labute approximate surface area is 187 Å². The number of ketones is 1.